The average molecular weight is 766 g/mol. The number of aromatic hydroxyl groups is 2. The Morgan fingerprint density at radius 2 is 1.73 bits per heavy atom. The van der Waals surface area contributed by atoms with Crippen LogP contribution in [0.25, 0.3) is 11.2 Å². The van der Waals surface area contributed by atoms with Gasteiger partial charge in [0.15, 0.2) is 29.3 Å². The molecule has 8 N–H and O–H groups in total. The molecule has 2 aliphatic rings. The van der Waals surface area contributed by atoms with Gasteiger partial charge < -0.3 is 51.1 Å². The monoisotopic (exact) mass is 765 g/mol. The van der Waals surface area contributed by atoms with Gasteiger partial charge in [-0.15, -0.1) is 10.2 Å². The maximum Gasteiger partial charge on any atom is 0.319 e. The molecule has 1 unspecified atom stereocenters. The van der Waals surface area contributed by atoms with E-state index in [1.54, 1.807) is 48.8 Å². The molecule has 0 spiro atoms. The van der Waals surface area contributed by atoms with E-state index in [1.807, 2.05) is 29.2 Å². The molecule has 0 aliphatic carbocycles. The van der Waals surface area contributed by atoms with Crippen LogP contribution >= 0.6 is 0 Å². The van der Waals surface area contributed by atoms with Gasteiger partial charge in [0.2, 0.25) is 11.8 Å². The molecule has 2 aliphatic heterocycles. The third-order valence-electron chi connectivity index (χ3n) is 9.74. The molecule has 290 valence electrons. The zero-order valence-corrected chi connectivity index (χ0v) is 29.7. The number of tetrazole rings is 1. The highest BCUT2D eigenvalue weighted by Crippen LogP contribution is 2.39. The quantitative estimate of drug-likeness (QED) is 0.0871. The highest BCUT2D eigenvalue weighted by atomic mass is 16.6. The van der Waals surface area contributed by atoms with E-state index < -0.39 is 24.5 Å². The Morgan fingerprint density at radius 3 is 2.43 bits per heavy atom. The van der Waals surface area contributed by atoms with E-state index in [0.717, 1.165) is 11.1 Å². The third-order valence-corrected chi connectivity index (χ3v) is 9.74. The maximum atomic E-state index is 12.8. The number of anilines is 3. The molecule has 6 heterocycles. The third kappa shape index (κ3) is 7.57. The second-order valence-corrected chi connectivity index (χ2v) is 13.5. The topological polar surface area (TPSA) is 267 Å². The number of pyridine rings is 1. The van der Waals surface area contributed by atoms with Crippen LogP contribution in [0.15, 0.2) is 79.4 Å². The zero-order chi connectivity index (χ0) is 38.8. The molecule has 56 heavy (non-hydrogen) atoms. The average Bonchev–Trinajstić information content (AvgIpc) is 4.01. The molecular formula is C36H39N13O7. The standard InChI is InChI=1S/C36H39N13O7/c50-15-14-49-45-32(44-46-49)30-28(53)29(54)34(56-30)48-19-39-27-31(38-17-26(20-3-7-24(51)8-4-20)21-5-9-25(52)10-6-21)42-35(43-33(27)48)47-13-11-23(18-47)41-36(55)40-22-2-1-12-37-16-22/h1-10,12,16,19,23,26,28-30,34,50-54H,11,13-15,17-18H2,(H,38,42,43)(H2,40,41,55)/t23?,28-,29+,30-,34+/m0/s1. The predicted octanol–water partition coefficient (Wildman–Crippen LogP) is 1.25. The number of carbonyl (C=O) groups excluding carboxylic acids is 1. The Labute approximate surface area is 318 Å². The second kappa shape index (κ2) is 15.7. The molecule has 0 bridgehead atoms. The summed E-state index contributed by atoms with van der Waals surface area (Å²) in [6.45, 7) is 1.09. The summed E-state index contributed by atoms with van der Waals surface area (Å²) in [4.78, 5) is 34.4. The molecule has 20 heteroatoms. The molecule has 8 rings (SSSR count). The fourth-order valence-electron chi connectivity index (χ4n) is 6.90. The van der Waals surface area contributed by atoms with E-state index in [-0.39, 0.29) is 48.5 Å². The van der Waals surface area contributed by atoms with Crippen molar-refractivity contribution in [2.75, 3.05) is 41.8 Å². The van der Waals surface area contributed by atoms with E-state index in [4.69, 9.17) is 14.7 Å². The minimum Gasteiger partial charge on any atom is -0.508 e. The highest BCUT2D eigenvalue weighted by Gasteiger charge is 2.47. The van der Waals surface area contributed by atoms with E-state index in [2.05, 4.69) is 41.3 Å². The van der Waals surface area contributed by atoms with Gasteiger partial charge in [0.1, 0.15) is 23.7 Å². The fraction of sp³-hybridized carbons (Fsp3) is 0.333. The van der Waals surface area contributed by atoms with E-state index >= 15 is 0 Å². The minimum atomic E-state index is -1.44. The highest BCUT2D eigenvalue weighted by molar-refractivity contribution is 5.89. The van der Waals surface area contributed by atoms with Gasteiger partial charge in [-0.2, -0.15) is 14.8 Å². The summed E-state index contributed by atoms with van der Waals surface area (Å²) in [6.07, 6.45) is 0.0572. The van der Waals surface area contributed by atoms with Crippen LogP contribution in [0.3, 0.4) is 0 Å². The maximum absolute atomic E-state index is 12.8. The zero-order valence-electron chi connectivity index (χ0n) is 29.7. The first kappa shape index (κ1) is 36.5. The van der Waals surface area contributed by atoms with Crippen molar-refractivity contribution in [2.45, 2.75) is 49.5 Å². The summed E-state index contributed by atoms with van der Waals surface area (Å²) >= 11 is 0. The molecule has 2 amide bonds. The van der Waals surface area contributed by atoms with Crippen LogP contribution in [0.1, 0.15) is 41.6 Å². The molecular weight excluding hydrogens is 726 g/mol. The summed E-state index contributed by atoms with van der Waals surface area (Å²) in [5.41, 5.74) is 2.99. The molecule has 2 saturated heterocycles. The van der Waals surface area contributed by atoms with Gasteiger partial charge in [0.25, 0.3) is 0 Å². The first-order valence-electron chi connectivity index (χ1n) is 17.9. The number of aliphatic hydroxyl groups excluding tert-OH is 3. The molecule has 6 aromatic rings. The summed E-state index contributed by atoms with van der Waals surface area (Å²) in [5, 5.41) is 72.8. The van der Waals surface area contributed by atoms with Crippen LogP contribution in [0.4, 0.5) is 22.2 Å². The summed E-state index contributed by atoms with van der Waals surface area (Å²) < 4.78 is 7.67. The van der Waals surface area contributed by atoms with Gasteiger partial charge in [-0.25, -0.2) is 9.78 Å². The number of ether oxygens (including phenoxy) is 1. The van der Waals surface area contributed by atoms with Crippen molar-refractivity contribution in [1.29, 1.82) is 0 Å². The van der Waals surface area contributed by atoms with Crippen molar-refractivity contribution in [3.05, 3.63) is 96.3 Å². The number of phenolic OH excluding ortho intramolecular Hbond substituents is 2. The molecule has 0 radical (unpaired) electrons. The number of hydrogen-bond acceptors (Lipinski definition) is 16. The van der Waals surface area contributed by atoms with Gasteiger partial charge in [0.05, 0.1) is 31.4 Å². The number of urea groups is 1. The Hall–Kier alpha value is -6.48. The predicted molar refractivity (Wildman–Crippen MR) is 199 cm³/mol. The van der Waals surface area contributed by atoms with Crippen molar-refractivity contribution < 1.29 is 35.1 Å². The Balaban J connectivity index is 1.11. The van der Waals surface area contributed by atoms with Crippen molar-refractivity contribution in [3.8, 4) is 11.5 Å². The summed E-state index contributed by atoms with van der Waals surface area (Å²) in [6, 6.07) is 16.6. The molecule has 0 saturated carbocycles. The number of carbonyl (C=O) groups is 1. The smallest absolute Gasteiger partial charge is 0.319 e. The van der Waals surface area contributed by atoms with Crippen LogP contribution in [0.5, 0.6) is 11.5 Å². The van der Waals surface area contributed by atoms with Gasteiger partial charge >= 0.3 is 6.03 Å². The number of nitrogens with one attached hydrogen (secondary N) is 3. The lowest BCUT2D eigenvalue weighted by Gasteiger charge is -2.22. The number of imidazole rings is 1. The van der Waals surface area contributed by atoms with Crippen molar-refractivity contribution in [1.82, 2.24) is 50.0 Å². The van der Waals surface area contributed by atoms with Crippen LogP contribution < -0.4 is 20.9 Å². The Kier molecular flexibility index (Phi) is 10.2. The fourth-order valence-corrected chi connectivity index (χ4v) is 6.90. The van der Waals surface area contributed by atoms with E-state index in [0.29, 0.717) is 54.7 Å². The second-order valence-electron chi connectivity index (χ2n) is 13.5. The number of hydrogen-bond donors (Lipinski definition) is 8. The lowest BCUT2D eigenvalue weighted by molar-refractivity contribution is -0.0384. The van der Waals surface area contributed by atoms with Gasteiger partial charge in [-0.1, -0.05) is 24.3 Å². The molecule has 2 aromatic carbocycles. The Morgan fingerprint density at radius 1 is 0.982 bits per heavy atom. The number of fused-ring (bicyclic) bond motifs is 1. The summed E-state index contributed by atoms with van der Waals surface area (Å²) in [5.74, 6) is 0.723. The first-order valence-corrected chi connectivity index (χ1v) is 17.9. The molecule has 5 atom stereocenters. The molecule has 2 fully saturated rings. The van der Waals surface area contributed by atoms with Gasteiger partial charge in [-0.05, 0) is 59.2 Å². The van der Waals surface area contributed by atoms with Crippen molar-refractivity contribution in [2.24, 2.45) is 0 Å². The van der Waals surface area contributed by atoms with Crippen molar-refractivity contribution in [3.63, 3.8) is 0 Å². The van der Waals surface area contributed by atoms with Crippen molar-refractivity contribution >= 4 is 34.6 Å². The normalized spacial score (nSPS) is 20.9. The van der Waals surface area contributed by atoms with Gasteiger partial charge in [0, 0.05) is 37.8 Å². The summed E-state index contributed by atoms with van der Waals surface area (Å²) in [7, 11) is 0. The first-order chi connectivity index (χ1) is 27.2. The molecule has 4 aromatic heterocycles. The number of rotatable bonds is 12. The van der Waals surface area contributed by atoms with Crippen LogP contribution in [-0.2, 0) is 11.3 Å². The number of aliphatic hydroxyl groups is 3. The number of nitrogens with zero attached hydrogens (tertiary/aromatic N) is 10. The lowest BCUT2D eigenvalue weighted by atomic mass is 9.91. The number of amides is 2. The van der Waals surface area contributed by atoms with Gasteiger partial charge in [-0.3, -0.25) is 9.55 Å². The Bertz CT molecular complexity index is 2230. The van der Waals surface area contributed by atoms with Crippen LogP contribution in [0, 0.1) is 0 Å². The number of phenols is 2. The lowest BCUT2D eigenvalue weighted by Crippen LogP contribution is -2.40. The minimum absolute atomic E-state index is 0.0345. The van der Waals surface area contributed by atoms with E-state index in [1.165, 1.54) is 15.7 Å². The SMILES string of the molecule is O=C(Nc1cccnc1)NC1CCN(c2nc(NCC(c3ccc(O)cc3)c3ccc(O)cc3)c3ncn([C@@H]4O[C@H](c5nnn(CCO)n5)[C@@H](O)[C@H]4O)c3n2)C1. The van der Waals surface area contributed by atoms with Crippen LogP contribution in [0.2, 0.25) is 0 Å². The van der Waals surface area contributed by atoms with E-state index in [9.17, 15) is 30.3 Å². The van der Waals surface area contributed by atoms with Crippen LogP contribution in [-0.4, -0.2) is 121 Å². The largest absolute Gasteiger partial charge is 0.508 e. The molecule has 20 nitrogen and oxygen atoms in total. The number of aromatic nitrogens is 9. The number of benzene rings is 2.